The Morgan fingerprint density at radius 2 is 1.00 bits per heavy atom. The van der Waals surface area contributed by atoms with E-state index in [1.807, 2.05) is 11.3 Å². The maximum atomic E-state index is 2.56. The predicted molar refractivity (Wildman–Crippen MR) is 290 cm³/mol. The topological polar surface area (TPSA) is 3.24 Å². The number of hydrogen-bond donors (Lipinski definition) is 0. The number of anilines is 3. The first-order valence-electron chi connectivity index (χ1n) is 24.4. The van der Waals surface area contributed by atoms with Crippen molar-refractivity contribution in [2.75, 3.05) is 4.90 Å². The summed E-state index contributed by atoms with van der Waals surface area (Å²) in [5.74, 6) is 0. The summed E-state index contributed by atoms with van der Waals surface area (Å²) in [5.41, 5.74) is 22.3. The Labute approximate surface area is 402 Å². The number of nitrogens with zero attached hydrogens (tertiary/aromatic N) is 1. The molecule has 0 saturated heterocycles. The molecule has 1 spiro atoms. The van der Waals surface area contributed by atoms with E-state index in [9.17, 15) is 0 Å². The van der Waals surface area contributed by atoms with E-state index in [1.54, 1.807) is 0 Å². The largest absolute Gasteiger partial charge is 0.310 e. The van der Waals surface area contributed by atoms with Gasteiger partial charge in [0.15, 0.2) is 0 Å². The highest BCUT2D eigenvalue weighted by Gasteiger charge is 2.45. The van der Waals surface area contributed by atoms with E-state index in [1.165, 1.54) is 146 Å². The van der Waals surface area contributed by atoms with Gasteiger partial charge in [-0.25, -0.2) is 0 Å². The lowest BCUT2D eigenvalue weighted by Crippen LogP contribution is -2.21. The summed E-state index contributed by atoms with van der Waals surface area (Å²) in [7, 11) is 0. The number of rotatable bonds is 6. The van der Waals surface area contributed by atoms with Crippen LogP contribution in [0.2, 0.25) is 0 Å². The lowest BCUT2D eigenvalue weighted by Gasteiger charge is -2.31. The Hall–Kier alpha value is -7.52. The van der Waals surface area contributed by atoms with Gasteiger partial charge < -0.3 is 4.90 Å². The third-order valence-corrected chi connectivity index (χ3v) is 17.2. The summed E-state index contributed by atoms with van der Waals surface area (Å²) in [5, 5.41) is 5.25. The van der Waals surface area contributed by atoms with Gasteiger partial charge in [-0.15, -0.1) is 11.3 Å². The molecule has 0 atom stereocenters. The second kappa shape index (κ2) is 15.0. The second-order valence-corrected chi connectivity index (χ2v) is 20.9. The molecular weight excluding hydrogens is 839 g/mol. The molecule has 14 rings (SSSR count). The minimum absolute atomic E-state index is 0.0538. The smallest absolute Gasteiger partial charge is 0.0540 e. The van der Waals surface area contributed by atoms with Crippen molar-refractivity contribution in [3.63, 3.8) is 0 Å². The number of hydrogen-bond acceptors (Lipinski definition) is 2. The van der Waals surface area contributed by atoms with E-state index in [4.69, 9.17) is 0 Å². The van der Waals surface area contributed by atoms with Crippen LogP contribution in [0.15, 0.2) is 212 Å². The lowest BCUT2D eigenvalue weighted by molar-refractivity contribution is 0.550. The number of thiophene rings is 1. The van der Waals surface area contributed by atoms with Gasteiger partial charge in [-0.3, -0.25) is 0 Å². The fraction of sp³-hybridized carbons (Fsp3) is 0.121. The molecule has 1 nitrogen and oxygen atoms in total. The Balaban J connectivity index is 0.951. The fourth-order valence-electron chi connectivity index (χ4n) is 13.0. The van der Waals surface area contributed by atoms with Gasteiger partial charge in [0, 0.05) is 47.9 Å². The van der Waals surface area contributed by atoms with Crippen LogP contribution in [-0.2, 0) is 10.8 Å². The van der Waals surface area contributed by atoms with Crippen molar-refractivity contribution < 1.29 is 0 Å². The van der Waals surface area contributed by atoms with E-state index in [0.29, 0.717) is 0 Å². The molecule has 0 radical (unpaired) electrons. The number of benzene rings is 10. The molecule has 11 aromatic rings. The van der Waals surface area contributed by atoms with Gasteiger partial charge in [0.2, 0.25) is 0 Å². The van der Waals surface area contributed by atoms with Crippen molar-refractivity contribution in [3.05, 3.63) is 235 Å². The molecule has 1 aromatic heterocycles. The predicted octanol–water partition coefficient (Wildman–Crippen LogP) is 18.8. The SMILES string of the molecule is CC1(C)c2ccccc2-c2cccc(-c3ccccc3-c3ccc(N(c4ccc5c(c4)C4(CCCC4)c4ccccc4-5)c4ccccc4-c4cccc5sc6c7ccccc7ccc6c45)cc3)c21. The highest BCUT2D eigenvalue weighted by atomic mass is 32.1. The van der Waals surface area contributed by atoms with Crippen molar-refractivity contribution in [2.45, 2.75) is 50.4 Å². The van der Waals surface area contributed by atoms with Crippen LogP contribution in [0.3, 0.4) is 0 Å². The zero-order chi connectivity index (χ0) is 45.1. The van der Waals surface area contributed by atoms with E-state index >= 15 is 0 Å². The fourth-order valence-corrected chi connectivity index (χ4v) is 14.3. The Morgan fingerprint density at radius 3 is 1.81 bits per heavy atom. The molecule has 68 heavy (non-hydrogen) atoms. The minimum Gasteiger partial charge on any atom is -0.310 e. The van der Waals surface area contributed by atoms with Crippen molar-refractivity contribution in [1.29, 1.82) is 0 Å². The molecule has 0 bridgehead atoms. The van der Waals surface area contributed by atoms with Crippen LogP contribution >= 0.6 is 11.3 Å². The highest BCUT2D eigenvalue weighted by molar-refractivity contribution is 7.26. The first kappa shape index (κ1) is 39.6. The molecule has 1 fully saturated rings. The molecule has 0 aliphatic heterocycles. The second-order valence-electron chi connectivity index (χ2n) is 19.9. The monoisotopic (exact) mass is 887 g/mol. The maximum absolute atomic E-state index is 2.56. The van der Waals surface area contributed by atoms with Gasteiger partial charge in [0.1, 0.15) is 0 Å². The summed E-state index contributed by atoms with van der Waals surface area (Å²) < 4.78 is 2.66. The molecule has 0 unspecified atom stereocenters. The van der Waals surface area contributed by atoms with Crippen LogP contribution in [0.4, 0.5) is 17.1 Å². The molecule has 1 saturated carbocycles. The third kappa shape index (κ3) is 5.68. The van der Waals surface area contributed by atoms with Crippen LogP contribution < -0.4 is 4.90 Å². The first-order chi connectivity index (χ1) is 33.5. The van der Waals surface area contributed by atoms with E-state index in [2.05, 4.69) is 231 Å². The Morgan fingerprint density at radius 1 is 0.412 bits per heavy atom. The van der Waals surface area contributed by atoms with Crippen molar-refractivity contribution in [1.82, 2.24) is 0 Å². The van der Waals surface area contributed by atoms with Crippen LogP contribution in [0.25, 0.3) is 86.6 Å². The standard InChI is InChI=1S/C66H49NS/c1-65(2)57-27-10-7-22-50(57)55-26-15-25-54(63(55)65)48-20-6-5-18-46(48)43-31-34-44(35-32-43)67(45-36-38-51-49-21-8-11-28-58(49)66(59(51)41-45)39-13-14-40-66)60-29-12-9-23-52(60)53-24-16-30-61-62(53)56-37-33-42-17-3-4-19-47(42)64(56)68-61/h3-12,15-38,41H,13-14,39-40H2,1-2H3. The van der Waals surface area contributed by atoms with Gasteiger partial charge in [0.25, 0.3) is 0 Å². The first-order valence-corrected chi connectivity index (χ1v) is 25.2. The average Bonchev–Trinajstić information content (AvgIpc) is 4.16. The normalized spacial score (nSPS) is 14.9. The highest BCUT2D eigenvalue weighted by Crippen LogP contribution is 2.59. The van der Waals surface area contributed by atoms with Crippen molar-refractivity contribution in [2.24, 2.45) is 0 Å². The minimum atomic E-state index is -0.116. The molecule has 0 N–H and O–H groups in total. The Kier molecular flexibility index (Phi) is 8.74. The van der Waals surface area contributed by atoms with E-state index in [-0.39, 0.29) is 10.8 Å². The quantitative estimate of drug-likeness (QED) is 0.161. The zero-order valence-corrected chi connectivity index (χ0v) is 39.2. The van der Waals surface area contributed by atoms with E-state index in [0.717, 1.165) is 5.69 Å². The van der Waals surface area contributed by atoms with Gasteiger partial charge in [-0.2, -0.15) is 0 Å². The zero-order valence-electron chi connectivity index (χ0n) is 38.4. The average molecular weight is 888 g/mol. The molecule has 1 heterocycles. The summed E-state index contributed by atoms with van der Waals surface area (Å²) in [4.78, 5) is 2.55. The summed E-state index contributed by atoms with van der Waals surface area (Å²) >= 11 is 1.91. The molecule has 3 aliphatic rings. The maximum Gasteiger partial charge on any atom is 0.0540 e. The van der Waals surface area contributed by atoms with Gasteiger partial charge in [-0.1, -0.05) is 203 Å². The summed E-state index contributed by atoms with van der Waals surface area (Å²) in [6.45, 7) is 4.78. The summed E-state index contributed by atoms with van der Waals surface area (Å²) in [6, 6.07) is 80.3. The van der Waals surface area contributed by atoms with Gasteiger partial charge in [-0.05, 0) is 132 Å². The molecular formula is C66H49NS. The number of fused-ring (bicyclic) bond motifs is 13. The molecule has 324 valence electrons. The molecule has 0 amide bonds. The van der Waals surface area contributed by atoms with E-state index < -0.39 is 0 Å². The van der Waals surface area contributed by atoms with Crippen LogP contribution in [0, 0.1) is 0 Å². The summed E-state index contributed by atoms with van der Waals surface area (Å²) in [6.07, 6.45) is 4.91. The van der Waals surface area contributed by atoms with Crippen LogP contribution in [0.1, 0.15) is 61.8 Å². The lowest BCUT2D eigenvalue weighted by atomic mass is 9.76. The van der Waals surface area contributed by atoms with Gasteiger partial charge in [0.05, 0.1) is 5.69 Å². The molecule has 10 aromatic carbocycles. The van der Waals surface area contributed by atoms with Gasteiger partial charge >= 0.3 is 0 Å². The Bertz CT molecular complexity index is 3840. The number of para-hydroxylation sites is 1. The van der Waals surface area contributed by atoms with Crippen molar-refractivity contribution >= 4 is 59.3 Å². The van der Waals surface area contributed by atoms with Crippen LogP contribution in [-0.4, -0.2) is 0 Å². The van der Waals surface area contributed by atoms with Crippen LogP contribution in [0.5, 0.6) is 0 Å². The van der Waals surface area contributed by atoms with Crippen molar-refractivity contribution in [3.8, 4) is 55.6 Å². The molecule has 2 heteroatoms. The third-order valence-electron chi connectivity index (χ3n) is 16.0. The molecule has 3 aliphatic carbocycles.